The summed E-state index contributed by atoms with van der Waals surface area (Å²) in [5.41, 5.74) is 9.76. The van der Waals surface area contributed by atoms with Crippen molar-refractivity contribution in [2.75, 3.05) is 0 Å². The van der Waals surface area contributed by atoms with Crippen LogP contribution in [0.15, 0.2) is 60.9 Å². The van der Waals surface area contributed by atoms with Gasteiger partial charge in [0.2, 0.25) is 17.7 Å². The lowest BCUT2D eigenvalue weighted by Gasteiger charge is -2.27. The molecule has 4 unspecified atom stereocenters. The number of rotatable bonds is 14. The van der Waals surface area contributed by atoms with Crippen LogP contribution in [-0.4, -0.2) is 62.9 Å². The molecule has 2 aromatic carbocycles. The first kappa shape index (κ1) is 32.3. The Morgan fingerprint density at radius 1 is 0.727 bits per heavy atom. The molecule has 0 spiro atoms. The van der Waals surface area contributed by atoms with Crippen LogP contribution in [0.25, 0.3) is 21.8 Å². The van der Waals surface area contributed by atoms with E-state index in [1.165, 1.54) is 0 Å². The van der Waals surface area contributed by atoms with Crippen LogP contribution in [0.5, 0.6) is 0 Å². The number of nitrogens with one attached hydrogen (secondary N) is 5. The average molecular weight is 603 g/mol. The van der Waals surface area contributed by atoms with Gasteiger partial charge in [-0.05, 0) is 47.9 Å². The predicted molar refractivity (Wildman–Crippen MR) is 170 cm³/mol. The van der Waals surface area contributed by atoms with Crippen molar-refractivity contribution in [2.24, 2.45) is 17.6 Å². The second-order valence-electron chi connectivity index (χ2n) is 12.1. The fourth-order valence-electron chi connectivity index (χ4n) is 5.38. The smallest absolute Gasteiger partial charge is 0.326 e. The zero-order valence-electron chi connectivity index (χ0n) is 25.5. The number of benzene rings is 2. The minimum atomic E-state index is -1.15. The molecule has 8 N–H and O–H groups in total. The Balaban J connectivity index is 1.51. The van der Waals surface area contributed by atoms with Gasteiger partial charge in [0.15, 0.2) is 0 Å². The van der Waals surface area contributed by atoms with E-state index < -0.39 is 47.9 Å². The number of aromatic nitrogens is 2. The monoisotopic (exact) mass is 602 g/mol. The zero-order valence-corrected chi connectivity index (χ0v) is 25.5. The molecule has 0 bridgehead atoms. The van der Waals surface area contributed by atoms with Crippen LogP contribution in [0.4, 0.5) is 0 Å². The summed E-state index contributed by atoms with van der Waals surface area (Å²) in [4.78, 5) is 58.6. The van der Waals surface area contributed by atoms with E-state index in [1.807, 2.05) is 68.6 Å². The van der Waals surface area contributed by atoms with Gasteiger partial charge in [-0.15, -0.1) is 0 Å². The van der Waals surface area contributed by atoms with Crippen molar-refractivity contribution in [3.05, 3.63) is 72.1 Å². The number of carbonyl (C=O) groups is 4. The normalized spacial score (nSPS) is 14.3. The molecule has 0 radical (unpaired) electrons. The van der Waals surface area contributed by atoms with Gasteiger partial charge in [-0.25, -0.2) is 4.79 Å². The van der Waals surface area contributed by atoms with Crippen molar-refractivity contribution in [1.29, 1.82) is 0 Å². The molecule has 44 heavy (non-hydrogen) atoms. The molecule has 0 saturated heterocycles. The highest BCUT2D eigenvalue weighted by molar-refractivity contribution is 5.95. The molecule has 4 aromatic rings. The molecule has 0 aliphatic rings. The van der Waals surface area contributed by atoms with Gasteiger partial charge in [0, 0.05) is 40.6 Å². The number of nitrogens with two attached hydrogens (primary N) is 1. The fraction of sp³-hybridized carbons (Fsp3) is 0.394. The first-order chi connectivity index (χ1) is 20.9. The second kappa shape index (κ2) is 14.2. The van der Waals surface area contributed by atoms with Crippen molar-refractivity contribution in [2.45, 2.75) is 71.1 Å². The summed E-state index contributed by atoms with van der Waals surface area (Å²) < 4.78 is 0. The van der Waals surface area contributed by atoms with E-state index >= 15 is 0 Å². The Morgan fingerprint density at radius 2 is 1.25 bits per heavy atom. The highest BCUT2D eigenvalue weighted by Gasteiger charge is 2.32. The van der Waals surface area contributed by atoms with Crippen molar-refractivity contribution >= 4 is 45.5 Å². The molecule has 0 aliphatic carbocycles. The van der Waals surface area contributed by atoms with Crippen LogP contribution in [-0.2, 0) is 32.0 Å². The number of H-pyrrole nitrogens is 2. The number of hydrogen-bond donors (Lipinski definition) is 7. The number of carbonyl (C=O) groups excluding carboxylic acids is 3. The average Bonchev–Trinajstić information content (AvgIpc) is 3.58. The fourth-order valence-corrected chi connectivity index (χ4v) is 5.38. The molecule has 2 aromatic heterocycles. The second-order valence-corrected chi connectivity index (χ2v) is 12.1. The maximum Gasteiger partial charge on any atom is 0.326 e. The molecule has 4 atom stereocenters. The summed E-state index contributed by atoms with van der Waals surface area (Å²) in [5, 5.41) is 19.8. The lowest BCUT2D eigenvalue weighted by atomic mass is 9.99. The third-order valence-corrected chi connectivity index (χ3v) is 7.75. The van der Waals surface area contributed by atoms with Gasteiger partial charge in [0.25, 0.3) is 0 Å². The van der Waals surface area contributed by atoms with Gasteiger partial charge in [-0.2, -0.15) is 0 Å². The summed E-state index contributed by atoms with van der Waals surface area (Å²) in [6.07, 6.45) is 4.19. The van der Waals surface area contributed by atoms with E-state index in [1.54, 1.807) is 20.0 Å². The van der Waals surface area contributed by atoms with Gasteiger partial charge >= 0.3 is 5.97 Å². The quantitative estimate of drug-likeness (QED) is 0.116. The van der Waals surface area contributed by atoms with Crippen molar-refractivity contribution in [3.8, 4) is 0 Å². The molecule has 2 heterocycles. The highest BCUT2D eigenvalue weighted by atomic mass is 16.4. The van der Waals surface area contributed by atoms with Gasteiger partial charge in [0.05, 0.1) is 6.04 Å². The topological polar surface area (TPSA) is 182 Å². The first-order valence-corrected chi connectivity index (χ1v) is 14.9. The number of amides is 3. The Labute approximate surface area is 256 Å². The number of carboxylic acids is 1. The van der Waals surface area contributed by atoms with E-state index in [0.29, 0.717) is 0 Å². The van der Waals surface area contributed by atoms with E-state index in [2.05, 4.69) is 25.9 Å². The minimum Gasteiger partial charge on any atom is -0.480 e. The number of aliphatic carboxylic acids is 1. The third kappa shape index (κ3) is 7.84. The van der Waals surface area contributed by atoms with Gasteiger partial charge < -0.3 is 36.8 Å². The summed E-state index contributed by atoms with van der Waals surface area (Å²) in [5.74, 6) is -3.15. The molecule has 11 heteroatoms. The molecule has 11 nitrogen and oxygen atoms in total. The maximum absolute atomic E-state index is 13.7. The molecule has 3 amide bonds. The molecule has 0 aliphatic heterocycles. The van der Waals surface area contributed by atoms with Crippen LogP contribution in [0.2, 0.25) is 0 Å². The van der Waals surface area contributed by atoms with Crippen LogP contribution in [0.1, 0.15) is 45.2 Å². The molecular weight excluding hydrogens is 560 g/mol. The molecule has 0 fully saturated rings. The predicted octanol–water partition coefficient (Wildman–Crippen LogP) is 3.00. The SMILES string of the molecule is CC(C)CC(NC(=O)C(Cc1c[nH]c2ccccc12)NC(=O)C(NC(=O)C(N)Cc1c[nH]c2ccccc12)C(C)C)C(=O)O. The van der Waals surface area contributed by atoms with Gasteiger partial charge in [0.1, 0.15) is 18.1 Å². The number of para-hydroxylation sites is 2. The summed E-state index contributed by atoms with van der Waals surface area (Å²) in [6.45, 7) is 7.31. The largest absolute Gasteiger partial charge is 0.480 e. The Morgan fingerprint density at radius 3 is 1.77 bits per heavy atom. The Bertz CT molecular complexity index is 1620. The molecule has 0 saturated carbocycles. The van der Waals surface area contributed by atoms with E-state index in [9.17, 15) is 24.3 Å². The lowest BCUT2D eigenvalue weighted by Crippen LogP contribution is -2.59. The van der Waals surface area contributed by atoms with Crippen LogP contribution < -0.4 is 21.7 Å². The third-order valence-electron chi connectivity index (χ3n) is 7.75. The maximum atomic E-state index is 13.7. The van der Waals surface area contributed by atoms with Crippen molar-refractivity contribution < 1.29 is 24.3 Å². The molecule has 4 rings (SSSR count). The van der Waals surface area contributed by atoms with Crippen LogP contribution >= 0.6 is 0 Å². The number of fused-ring (bicyclic) bond motifs is 2. The zero-order chi connectivity index (χ0) is 32.0. The summed E-state index contributed by atoms with van der Waals surface area (Å²) in [6, 6.07) is 11.2. The van der Waals surface area contributed by atoms with Crippen molar-refractivity contribution in [3.63, 3.8) is 0 Å². The highest BCUT2D eigenvalue weighted by Crippen LogP contribution is 2.21. The first-order valence-electron chi connectivity index (χ1n) is 14.9. The summed E-state index contributed by atoms with van der Waals surface area (Å²) in [7, 11) is 0. The minimum absolute atomic E-state index is 0.0204. The number of aromatic amines is 2. The van der Waals surface area contributed by atoms with E-state index in [-0.39, 0.29) is 31.1 Å². The molecular formula is C33H42N6O5. The molecule has 234 valence electrons. The van der Waals surface area contributed by atoms with E-state index in [4.69, 9.17) is 5.73 Å². The summed E-state index contributed by atoms with van der Waals surface area (Å²) >= 11 is 0. The van der Waals surface area contributed by atoms with Crippen LogP contribution in [0, 0.1) is 11.8 Å². The van der Waals surface area contributed by atoms with E-state index in [0.717, 1.165) is 32.9 Å². The Kier molecular flexibility index (Phi) is 10.4. The van der Waals surface area contributed by atoms with Gasteiger partial charge in [-0.1, -0.05) is 64.1 Å². The van der Waals surface area contributed by atoms with Crippen LogP contribution in [0.3, 0.4) is 0 Å². The van der Waals surface area contributed by atoms with Gasteiger partial charge in [-0.3, -0.25) is 14.4 Å². The lowest BCUT2D eigenvalue weighted by molar-refractivity contribution is -0.142. The number of hydrogen-bond acceptors (Lipinski definition) is 5. The van der Waals surface area contributed by atoms with Crippen molar-refractivity contribution in [1.82, 2.24) is 25.9 Å². The Hall–Kier alpha value is -4.64. The standard InChI is InChI=1S/C33H42N6O5/c1-18(2)13-28(33(43)44)38-31(41)27(15-21-17-36-26-12-8-6-10-23(21)26)37-32(42)29(19(3)4)39-30(40)24(34)14-20-16-35-25-11-7-5-9-22(20)25/h5-12,16-19,24,27-29,35-36H,13-15,34H2,1-4H3,(H,37,42)(H,38,41)(H,39,40)(H,43,44). The number of carboxylic acid groups (broad SMARTS) is 1.